The average molecular weight is 386 g/mol. The Balaban J connectivity index is 2.39. The Morgan fingerprint density at radius 3 is 2.40 bits per heavy atom. The first-order chi connectivity index (χ1) is 9.55. The molecule has 0 aliphatic heterocycles. The van der Waals surface area contributed by atoms with Crippen molar-refractivity contribution in [3.8, 4) is 28.7 Å². The number of hydrogen-bond donors (Lipinski definition) is 1. The van der Waals surface area contributed by atoms with Gasteiger partial charge in [0.05, 0.1) is 17.8 Å². The molecule has 0 saturated carbocycles. The minimum Gasteiger partial charge on any atom is -0.508 e. The molecule has 0 saturated heterocycles. The molecule has 5 heteroatoms. The molecule has 0 fully saturated rings. The Hall–Kier alpha value is -1.63. The van der Waals surface area contributed by atoms with Crippen LogP contribution in [0.2, 0.25) is 0 Å². The van der Waals surface area contributed by atoms with Gasteiger partial charge < -0.3 is 19.3 Å². The summed E-state index contributed by atoms with van der Waals surface area (Å²) in [7, 11) is 3.18. The number of phenols is 1. The topological polar surface area (TPSA) is 47.9 Å². The largest absolute Gasteiger partial charge is 0.508 e. The van der Waals surface area contributed by atoms with Crippen LogP contribution in [0.4, 0.5) is 0 Å². The van der Waals surface area contributed by atoms with Crippen LogP contribution in [0.25, 0.3) is 0 Å². The van der Waals surface area contributed by atoms with Crippen molar-refractivity contribution in [1.82, 2.24) is 0 Å². The molecule has 2 aromatic rings. The molecule has 2 aromatic carbocycles. The molecule has 0 aromatic heterocycles. The Morgan fingerprint density at radius 1 is 1.00 bits per heavy atom. The van der Waals surface area contributed by atoms with Crippen molar-refractivity contribution in [3.63, 3.8) is 0 Å². The van der Waals surface area contributed by atoms with Gasteiger partial charge in [-0.2, -0.15) is 0 Å². The van der Waals surface area contributed by atoms with Crippen LogP contribution in [0.5, 0.6) is 28.7 Å². The molecule has 0 bridgehead atoms. The highest BCUT2D eigenvalue weighted by Crippen LogP contribution is 2.38. The van der Waals surface area contributed by atoms with Gasteiger partial charge in [0, 0.05) is 12.1 Å². The van der Waals surface area contributed by atoms with Gasteiger partial charge >= 0.3 is 0 Å². The van der Waals surface area contributed by atoms with Gasteiger partial charge in [0.1, 0.15) is 17.2 Å². The molecule has 0 amide bonds. The smallest absolute Gasteiger partial charge is 0.164 e. The third-order valence-electron chi connectivity index (χ3n) is 2.78. The Morgan fingerprint density at radius 2 is 1.75 bits per heavy atom. The SMILES string of the molecule is COc1cc(Oc2cc(O)ccc2I)cc(C)c1OC. The summed E-state index contributed by atoms with van der Waals surface area (Å²) in [5.41, 5.74) is 0.914. The highest BCUT2D eigenvalue weighted by molar-refractivity contribution is 14.1. The minimum atomic E-state index is 0.164. The van der Waals surface area contributed by atoms with Gasteiger partial charge in [-0.15, -0.1) is 0 Å². The first-order valence-electron chi connectivity index (χ1n) is 5.94. The molecule has 0 spiro atoms. The van der Waals surface area contributed by atoms with Crippen molar-refractivity contribution in [2.24, 2.45) is 0 Å². The molecule has 2 rings (SSSR count). The van der Waals surface area contributed by atoms with E-state index in [-0.39, 0.29) is 5.75 Å². The van der Waals surface area contributed by atoms with Crippen LogP contribution in [-0.4, -0.2) is 19.3 Å². The summed E-state index contributed by atoms with van der Waals surface area (Å²) < 4.78 is 17.3. The quantitative estimate of drug-likeness (QED) is 0.804. The summed E-state index contributed by atoms with van der Waals surface area (Å²) in [5.74, 6) is 2.68. The van der Waals surface area contributed by atoms with Crippen molar-refractivity contribution in [2.45, 2.75) is 6.92 Å². The van der Waals surface area contributed by atoms with Crippen molar-refractivity contribution in [3.05, 3.63) is 39.5 Å². The van der Waals surface area contributed by atoms with E-state index in [4.69, 9.17) is 14.2 Å². The predicted octanol–water partition coefficient (Wildman–Crippen LogP) is 4.11. The van der Waals surface area contributed by atoms with Crippen molar-refractivity contribution < 1.29 is 19.3 Å². The van der Waals surface area contributed by atoms with Crippen LogP contribution in [0.15, 0.2) is 30.3 Å². The number of rotatable bonds is 4. The highest BCUT2D eigenvalue weighted by Gasteiger charge is 2.12. The molecule has 1 N–H and O–H groups in total. The van der Waals surface area contributed by atoms with Gasteiger partial charge in [0.25, 0.3) is 0 Å². The minimum absolute atomic E-state index is 0.164. The number of phenolic OH excluding ortho intramolecular Hbond substituents is 1. The van der Waals surface area contributed by atoms with E-state index in [0.717, 1.165) is 9.13 Å². The first kappa shape index (κ1) is 14.8. The molecule has 20 heavy (non-hydrogen) atoms. The molecule has 0 heterocycles. The molecule has 0 unspecified atom stereocenters. The van der Waals surface area contributed by atoms with Gasteiger partial charge in [-0.05, 0) is 53.3 Å². The maximum atomic E-state index is 9.53. The lowest BCUT2D eigenvalue weighted by Gasteiger charge is -2.14. The van der Waals surface area contributed by atoms with E-state index >= 15 is 0 Å². The van der Waals surface area contributed by atoms with E-state index in [1.165, 1.54) is 0 Å². The summed E-state index contributed by atoms with van der Waals surface area (Å²) in [6.45, 7) is 1.92. The summed E-state index contributed by atoms with van der Waals surface area (Å²) >= 11 is 2.15. The Labute approximate surface area is 131 Å². The molecular formula is C15H15IO4. The molecular weight excluding hydrogens is 371 g/mol. The number of aryl methyl sites for hydroxylation is 1. The van der Waals surface area contributed by atoms with Gasteiger partial charge in [-0.25, -0.2) is 0 Å². The monoisotopic (exact) mass is 386 g/mol. The van der Waals surface area contributed by atoms with Crippen molar-refractivity contribution in [1.29, 1.82) is 0 Å². The maximum absolute atomic E-state index is 9.53. The van der Waals surface area contributed by atoms with E-state index in [1.807, 2.05) is 13.0 Å². The fraction of sp³-hybridized carbons (Fsp3) is 0.200. The molecule has 0 aliphatic carbocycles. The Bertz CT molecular complexity index is 626. The second-order valence-corrected chi connectivity index (χ2v) is 5.35. The molecule has 0 radical (unpaired) electrons. The molecule has 106 valence electrons. The number of methoxy groups -OCH3 is 2. The molecule has 4 nitrogen and oxygen atoms in total. The maximum Gasteiger partial charge on any atom is 0.164 e. The highest BCUT2D eigenvalue weighted by atomic mass is 127. The van der Waals surface area contributed by atoms with Crippen LogP contribution >= 0.6 is 22.6 Å². The average Bonchev–Trinajstić information content (AvgIpc) is 2.42. The number of benzene rings is 2. The van der Waals surface area contributed by atoms with Crippen LogP contribution in [0.1, 0.15) is 5.56 Å². The van der Waals surface area contributed by atoms with E-state index in [0.29, 0.717) is 23.0 Å². The lowest BCUT2D eigenvalue weighted by molar-refractivity contribution is 0.349. The zero-order valence-corrected chi connectivity index (χ0v) is 13.6. The van der Waals surface area contributed by atoms with Crippen LogP contribution in [-0.2, 0) is 0 Å². The lowest BCUT2D eigenvalue weighted by Crippen LogP contribution is -1.95. The summed E-state index contributed by atoms with van der Waals surface area (Å²) in [6.07, 6.45) is 0. The predicted molar refractivity (Wildman–Crippen MR) is 85.2 cm³/mol. The zero-order chi connectivity index (χ0) is 14.7. The third-order valence-corrected chi connectivity index (χ3v) is 3.67. The zero-order valence-electron chi connectivity index (χ0n) is 11.4. The van der Waals surface area contributed by atoms with E-state index in [9.17, 15) is 5.11 Å². The number of ether oxygens (including phenoxy) is 3. The second kappa shape index (κ2) is 6.21. The summed E-state index contributed by atoms with van der Waals surface area (Å²) in [4.78, 5) is 0. The van der Waals surface area contributed by atoms with Gasteiger partial charge in [0.2, 0.25) is 0 Å². The standard InChI is InChI=1S/C15H15IO4/c1-9-6-11(8-14(18-2)15(9)19-3)20-13-7-10(17)4-5-12(13)16/h4-8,17H,1-3H3. The Kier molecular flexibility index (Phi) is 4.59. The fourth-order valence-electron chi connectivity index (χ4n) is 1.88. The van der Waals surface area contributed by atoms with Crippen LogP contribution in [0.3, 0.4) is 0 Å². The first-order valence-corrected chi connectivity index (χ1v) is 7.02. The van der Waals surface area contributed by atoms with Crippen LogP contribution in [0, 0.1) is 10.5 Å². The summed E-state index contributed by atoms with van der Waals surface area (Å²) in [5, 5.41) is 9.53. The third kappa shape index (κ3) is 3.09. The van der Waals surface area contributed by atoms with Crippen molar-refractivity contribution in [2.75, 3.05) is 14.2 Å². The number of aromatic hydroxyl groups is 1. The normalized spacial score (nSPS) is 10.2. The van der Waals surface area contributed by atoms with Crippen LogP contribution < -0.4 is 14.2 Å². The van der Waals surface area contributed by atoms with E-state index in [2.05, 4.69) is 22.6 Å². The van der Waals surface area contributed by atoms with E-state index < -0.39 is 0 Å². The van der Waals surface area contributed by atoms with Crippen molar-refractivity contribution >= 4 is 22.6 Å². The van der Waals surface area contributed by atoms with Gasteiger partial charge in [-0.3, -0.25) is 0 Å². The lowest BCUT2D eigenvalue weighted by atomic mass is 10.2. The molecule has 0 atom stereocenters. The molecule has 0 aliphatic rings. The second-order valence-electron chi connectivity index (χ2n) is 4.19. The van der Waals surface area contributed by atoms with E-state index in [1.54, 1.807) is 38.5 Å². The summed E-state index contributed by atoms with van der Waals surface area (Å²) in [6, 6.07) is 8.61. The van der Waals surface area contributed by atoms with Gasteiger partial charge in [-0.1, -0.05) is 0 Å². The number of halogens is 1. The fourth-order valence-corrected chi connectivity index (χ4v) is 2.32. The van der Waals surface area contributed by atoms with Gasteiger partial charge in [0.15, 0.2) is 11.5 Å². The number of hydrogen-bond acceptors (Lipinski definition) is 4.